The lowest BCUT2D eigenvalue weighted by Gasteiger charge is -2.12. The van der Waals surface area contributed by atoms with Crippen LogP contribution < -0.4 is 20.1 Å². The molecule has 24 heavy (non-hydrogen) atoms. The largest absolute Gasteiger partial charge is 0.493 e. The normalized spacial score (nSPS) is 10.0. The second-order valence-corrected chi connectivity index (χ2v) is 5.85. The highest BCUT2D eigenvalue weighted by atomic mass is 35.5. The Morgan fingerprint density at radius 2 is 1.75 bits per heavy atom. The summed E-state index contributed by atoms with van der Waals surface area (Å²) in [5, 5.41) is 6.42. The Hall–Kier alpha value is -2.02. The number of amides is 1. The maximum Gasteiger partial charge on any atom is 0.257 e. The van der Waals surface area contributed by atoms with Crippen LogP contribution in [0.4, 0.5) is 5.69 Å². The van der Waals surface area contributed by atoms with Gasteiger partial charge in [0.15, 0.2) is 16.6 Å². The molecule has 0 spiro atoms. The number of rotatable bonds is 4. The predicted molar refractivity (Wildman–Crippen MR) is 99.7 cm³/mol. The Morgan fingerprint density at radius 3 is 2.42 bits per heavy atom. The van der Waals surface area contributed by atoms with Gasteiger partial charge in [0.25, 0.3) is 5.91 Å². The number of hydrogen-bond acceptors (Lipinski definition) is 4. The molecule has 0 unspecified atom stereocenters. The lowest BCUT2D eigenvalue weighted by Crippen LogP contribution is -2.34. The van der Waals surface area contributed by atoms with Gasteiger partial charge in [-0.1, -0.05) is 23.2 Å². The van der Waals surface area contributed by atoms with Crippen LogP contribution in [0.15, 0.2) is 36.4 Å². The van der Waals surface area contributed by atoms with Crippen molar-refractivity contribution in [2.75, 3.05) is 19.5 Å². The molecule has 0 aliphatic heterocycles. The molecule has 1 amide bonds. The van der Waals surface area contributed by atoms with Gasteiger partial charge < -0.3 is 14.8 Å². The molecule has 126 valence electrons. The number of carbonyl (C=O) groups is 1. The summed E-state index contributed by atoms with van der Waals surface area (Å²) < 4.78 is 10.3. The van der Waals surface area contributed by atoms with Crippen molar-refractivity contribution in [1.82, 2.24) is 5.32 Å². The lowest BCUT2D eigenvalue weighted by atomic mass is 10.2. The molecule has 0 heterocycles. The van der Waals surface area contributed by atoms with Crippen molar-refractivity contribution in [2.45, 2.75) is 0 Å². The first kappa shape index (κ1) is 18.3. The van der Waals surface area contributed by atoms with E-state index in [0.29, 0.717) is 32.8 Å². The molecule has 5 nitrogen and oxygen atoms in total. The van der Waals surface area contributed by atoms with Gasteiger partial charge >= 0.3 is 0 Å². The molecule has 2 aromatic rings. The van der Waals surface area contributed by atoms with Crippen molar-refractivity contribution in [3.63, 3.8) is 0 Å². The number of halogens is 2. The third-order valence-electron chi connectivity index (χ3n) is 3.05. The van der Waals surface area contributed by atoms with Crippen molar-refractivity contribution >= 4 is 52.1 Å². The van der Waals surface area contributed by atoms with Crippen molar-refractivity contribution in [3.8, 4) is 11.5 Å². The predicted octanol–water partition coefficient (Wildman–Crippen LogP) is 4.14. The first-order chi connectivity index (χ1) is 11.4. The molecule has 0 atom stereocenters. The molecular formula is C16H14Cl2N2O3S. The number of ether oxygens (including phenoxy) is 2. The molecule has 0 fully saturated rings. The zero-order valence-electron chi connectivity index (χ0n) is 12.9. The minimum absolute atomic E-state index is 0.0963. The van der Waals surface area contributed by atoms with E-state index in [1.54, 1.807) is 36.4 Å². The summed E-state index contributed by atoms with van der Waals surface area (Å²) in [5.41, 5.74) is 0.871. The average molecular weight is 385 g/mol. The molecule has 0 aromatic heterocycles. The second kappa shape index (κ2) is 8.19. The third-order valence-corrected chi connectivity index (χ3v) is 3.82. The van der Waals surface area contributed by atoms with Crippen molar-refractivity contribution in [3.05, 3.63) is 52.0 Å². The summed E-state index contributed by atoms with van der Waals surface area (Å²) in [6.07, 6.45) is 0. The van der Waals surface area contributed by atoms with Crippen LogP contribution in [0.1, 0.15) is 10.4 Å². The number of hydrogen-bond donors (Lipinski definition) is 2. The number of methoxy groups -OCH3 is 2. The van der Waals surface area contributed by atoms with Gasteiger partial charge in [-0.25, -0.2) is 0 Å². The Labute approximate surface area is 154 Å². The topological polar surface area (TPSA) is 59.6 Å². The summed E-state index contributed by atoms with van der Waals surface area (Å²) in [5.74, 6) is 0.578. The van der Waals surface area contributed by atoms with Crippen LogP contribution in [0.25, 0.3) is 0 Å². The molecule has 0 radical (unpaired) electrons. The quantitative estimate of drug-likeness (QED) is 0.775. The zero-order valence-corrected chi connectivity index (χ0v) is 15.2. The fourth-order valence-corrected chi connectivity index (χ4v) is 2.44. The number of benzene rings is 2. The van der Waals surface area contributed by atoms with E-state index in [9.17, 15) is 4.79 Å². The van der Waals surface area contributed by atoms with E-state index in [4.69, 9.17) is 44.9 Å². The molecular weight excluding hydrogens is 371 g/mol. The molecule has 0 saturated heterocycles. The number of anilines is 1. The Balaban J connectivity index is 2.09. The van der Waals surface area contributed by atoms with Gasteiger partial charge in [0.1, 0.15) is 0 Å². The van der Waals surface area contributed by atoms with E-state index in [2.05, 4.69) is 10.6 Å². The Morgan fingerprint density at radius 1 is 1.04 bits per heavy atom. The second-order valence-electron chi connectivity index (χ2n) is 4.60. The fraction of sp³-hybridized carbons (Fsp3) is 0.125. The summed E-state index contributed by atoms with van der Waals surface area (Å²) in [7, 11) is 3.01. The third kappa shape index (κ3) is 4.50. The van der Waals surface area contributed by atoms with Crippen molar-refractivity contribution in [2.24, 2.45) is 0 Å². The SMILES string of the molecule is COc1ccc(C(=O)NC(=S)Nc2cc(Cl)ccc2Cl)cc1OC. The summed E-state index contributed by atoms with van der Waals surface area (Å²) >= 11 is 17.1. The van der Waals surface area contributed by atoms with E-state index in [1.165, 1.54) is 14.2 Å². The molecule has 0 aliphatic rings. The maximum atomic E-state index is 12.3. The van der Waals surface area contributed by atoms with Crippen LogP contribution in [-0.2, 0) is 0 Å². The van der Waals surface area contributed by atoms with Crippen LogP contribution in [0.3, 0.4) is 0 Å². The van der Waals surface area contributed by atoms with Gasteiger partial charge in [-0.2, -0.15) is 0 Å². The van der Waals surface area contributed by atoms with Gasteiger partial charge in [0.05, 0.1) is 24.9 Å². The highest BCUT2D eigenvalue weighted by Gasteiger charge is 2.13. The van der Waals surface area contributed by atoms with E-state index in [-0.39, 0.29) is 5.11 Å². The van der Waals surface area contributed by atoms with E-state index in [0.717, 1.165) is 0 Å². The number of thiocarbonyl (C=S) groups is 1. The lowest BCUT2D eigenvalue weighted by molar-refractivity contribution is 0.0977. The first-order valence-electron chi connectivity index (χ1n) is 6.74. The van der Waals surface area contributed by atoms with Crippen molar-refractivity contribution in [1.29, 1.82) is 0 Å². The smallest absolute Gasteiger partial charge is 0.257 e. The van der Waals surface area contributed by atoms with Gasteiger partial charge in [0, 0.05) is 10.6 Å². The maximum absolute atomic E-state index is 12.3. The zero-order chi connectivity index (χ0) is 17.7. The molecule has 0 aliphatic carbocycles. The molecule has 0 saturated carbocycles. The Kier molecular flexibility index (Phi) is 6.25. The minimum Gasteiger partial charge on any atom is -0.493 e. The monoisotopic (exact) mass is 384 g/mol. The summed E-state index contributed by atoms with van der Waals surface area (Å²) in [6.45, 7) is 0. The van der Waals surface area contributed by atoms with Crippen LogP contribution >= 0.6 is 35.4 Å². The van der Waals surface area contributed by atoms with Crippen LogP contribution in [0, 0.1) is 0 Å². The van der Waals surface area contributed by atoms with Gasteiger partial charge in [-0.3, -0.25) is 10.1 Å². The van der Waals surface area contributed by atoms with E-state index < -0.39 is 5.91 Å². The Bertz CT molecular complexity index is 784. The van der Waals surface area contributed by atoms with Gasteiger partial charge in [0.2, 0.25) is 0 Å². The summed E-state index contributed by atoms with van der Waals surface area (Å²) in [4.78, 5) is 12.3. The summed E-state index contributed by atoms with van der Waals surface area (Å²) in [6, 6.07) is 9.69. The van der Waals surface area contributed by atoms with E-state index in [1.807, 2.05) is 0 Å². The van der Waals surface area contributed by atoms with Crippen LogP contribution in [0.2, 0.25) is 10.0 Å². The van der Waals surface area contributed by atoms with Crippen LogP contribution in [0.5, 0.6) is 11.5 Å². The minimum atomic E-state index is -0.397. The molecule has 8 heteroatoms. The van der Waals surface area contributed by atoms with Crippen molar-refractivity contribution < 1.29 is 14.3 Å². The fourth-order valence-electron chi connectivity index (χ4n) is 1.90. The highest BCUT2D eigenvalue weighted by molar-refractivity contribution is 7.80. The highest BCUT2D eigenvalue weighted by Crippen LogP contribution is 2.28. The average Bonchev–Trinajstić information content (AvgIpc) is 2.57. The number of carbonyl (C=O) groups excluding carboxylic acids is 1. The van der Waals surface area contributed by atoms with Gasteiger partial charge in [-0.15, -0.1) is 0 Å². The molecule has 2 aromatic carbocycles. The van der Waals surface area contributed by atoms with Gasteiger partial charge in [-0.05, 0) is 48.6 Å². The van der Waals surface area contributed by atoms with E-state index >= 15 is 0 Å². The molecule has 0 bridgehead atoms. The molecule has 2 rings (SSSR count). The standard InChI is InChI=1S/C16H14Cl2N2O3S/c1-22-13-6-3-9(7-14(13)23-2)15(21)20-16(24)19-12-8-10(17)4-5-11(12)18/h3-8H,1-2H3,(H2,19,20,21,24). The molecule has 2 N–H and O–H groups in total. The van der Waals surface area contributed by atoms with Crippen LogP contribution in [-0.4, -0.2) is 25.2 Å². The first-order valence-corrected chi connectivity index (χ1v) is 7.90. The number of nitrogens with one attached hydrogen (secondary N) is 2.